The Balaban J connectivity index is 2.31. The highest BCUT2D eigenvalue weighted by molar-refractivity contribution is 8.01. The molecule has 1 aliphatic rings. The van der Waals surface area contributed by atoms with E-state index in [-0.39, 0.29) is 17.1 Å². The van der Waals surface area contributed by atoms with Crippen molar-refractivity contribution in [1.29, 1.82) is 0 Å². The van der Waals surface area contributed by atoms with Gasteiger partial charge < -0.3 is 10.6 Å². The molecular formula is C10H16N4O3S2. The van der Waals surface area contributed by atoms with E-state index < -0.39 is 21.1 Å². The van der Waals surface area contributed by atoms with Crippen LogP contribution in [-0.4, -0.2) is 58.6 Å². The van der Waals surface area contributed by atoms with Gasteiger partial charge >= 0.3 is 0 Å². The maximum absolute atomic E-state index is 12.4. The third-order valence-electron chi connectivity index (χ3n) is 3.04. The van der Waals surface area contributed by atoms with Gasteiger partial charge in [0, 0.05) is 23.8 Å². The minimum atomic E-state index is -3.31. The Labute approximate surface area is 115 Å². The second-order valence-electron chi connectivity index (χ2n) is 4.18. The summed E-state index contributed by atoms with van der Waals surface area (Å²) in [7, 11) is -3.31. The van der Waals surface area contributed by atoms with Gasteiger partial charge in [0.15, 0.2) is 9.84 Å². The van der Waals surface area contributed by atoms with Gasteiger partial charge in [-0.15, -0.1) is 0 Å². The predicted octanol–water partition coefficient (Wildman–Crippen LogP) is -0.0583. The summed E-state index contributed by atoms with van der Waals surface area (Å²) in [6.07, 6.45) is 1.34. The van der Waals surface area contributed by atoms with Crippen molar-refractivity contribution >= 4 is 33.2 Å². The van der Waals surface area contributed by atoms with Crippen LogP contribution in [0.1, 0.15) is 17.4 Å². The predicted molar refractivity (Wildman–Crippen MR) is 74.6 cm³/mol. The van der Waals surface area contributed by atoms with E-state index in [4.69, 9.17) is 5.73 Å². The fourth-order valence-electron chi connectivity index (χ4n) is 1.91. The van der Waals surface area contributed by atoms with Crippen molar-refractivity contribution < 1.29 is 13.2 Å². The molecule has 9 heteroatoms. The van der Waals surface area contributed by atoms with Crippen molar-refractivity contribution in [3.63, 3.8) is 0 Å². The number of nitrogen functional groups attached to an aromatic ring is 1. The molecule has 0 bridgehead atoms. The molecule has 0 aromatic carbocycles. The number of amides is 1. The molecule has 1 atom stereocenters. The van der Waals surface area contributed by atoms with Gasteiger partial charge in [-0.2, -0.15) is 16.9 Å². The van der Waals surface area contributed by atoms with Crippen LogP contribution >= 0.6 is 11.8 Å². The molecule has 2 heterocycles. The highest BCUT2D eigenvalue weighted by atomic mass is 32.2. The van der Waals surface area contributed by atoms with Crippen LogP contribution < -0.4 is 5.73 Å². The van der Waals surface area contributed by atoms with Gasteiger partial charge in [0.25, 0.3) is 5.91 Å². The standard InChI is InChI=1S/C10H16N4O3S2/c1-2-19(16,17)8-6-18-4-3-14(8)10(15)9-7(11)5-12-13-9/h5,8H,2-4,6,11H2,1H3,(H,12,13). The Bertz CT molecular complexity index is 569. The maximum atomic E-state index is 12.4. The summed E-state index contributed by atoms with van der Waals surface area (Å²) < 4.78 is 24.1. The summed E-state index contributed by atoms with van der Waals surface area (Å²) in [6.45, 7) is 1.98. The molecule has 3 N–H and O–H groups in total. The zero-order valence-electron chi connectivity index (χ0n) is 10.5. The molecule has 1 aliphatic heterocycles. The van der Waals surface area contributed by atoms with Crippen molar-refractivity contribution in [2.24, 2.45) is 0 Å². The van der Waals surface area contributed by atoms with Crippen LogP contribution in [-0.2, 0) is 9.84 Å². The van der Waals surface area contributed by atoms with Crippen molar-refractivity contribution in [3.05, 3.63) is 11.9 Å². The largest absolute Gasteiger partial charge is 0.396 e. The van der Waals surface area contributed by atoms with Crippen molar-refractivity contribution in [2.75, 3.05) is 29.5 Å². The molecule has 2 rings (SSSR count). The summed E-state index contributed by atoms with van der Waals surface area (Å²) in [4.78, 5) is 13.7. The van der Waals surface area contributed by atoms with Gasteiger partial charge in [0.05, 0.1) is 11.9 Å². The number of hydrogen-bond acceptors (Lipinski definition) is 6. The molecule has 19 heavy (non-hydrogen) atoms. The molecule has 1 aromatic rings. The van der Waals surface area contributed by atoms with Gasteiger partial charge in [-0.1, -0.05) is 6.92 Å². The molecule has 1 saturated heterocycles. The number of rotatable bonds is 3. The van der Waals surface area contributed by atoms with E-state index in [1.54, 1.807) is 6.92 Å². The Morgan fingerprint density at radius 2 is 2.42 bits per heavy atom. The van der Waals surface area contributed by atoms with Gasteiger partial charge in [-0.05, 0) is 0 Å². The molecule has 106 valence electrons. The van der Waals surface area contributed by atoms with Crippen LogP contribution in [0.4, 0.5) is 5.69 Å². The molecular weight excluding hydrogens is 288 g/mol. The summed E-state index contributed by atoms with van der Waals surface area (Å²) in [5.74, 6) is 0.726. The fraction of sp³-hybridized carbons (Fsp3) is 0.600. The highest BCUT2D eigenvalue weighted by Crippen LogP contribution is 2.24. The number of H-pyrrole nitrogens is 1. The van der Waals surface area contributed by atoms with Gasteiger partial charge in [-0.3, -0.25) is 9.89 Å². The van der Waals surface area contributed by atoms with Crippen LogP contribution in [0.25, 0.3) is 0 Å². The van der Waals surface area contributed by atoms with E-state index in [1.165, 1.54) is 22.9 Å². The Morgan fingerprint density at radius 1 is 1.68 bits per heavy atom. The minimum Gasteiger partial charge on any atom is -0.396 e. The maximum Gasteiger partial charge on any atom is 0.275 e. The first kappa shape index (κ1) is 14.2. The van der Waals surface area contributed by atoms with Crippen molar-refractivity contribution in [2.45, 2.75) is 12.3 Å². The summed E-state index contributed by atoms with van der Waals surface area (Å²) in [5, 5.41) is 5.43. The molecule has 1 unspecified atom stereocenters. The number of hydrogen-bond donors (Lipinski definition) is 2. The van der Waals surface area contributed by atoms with E-state index in [0.29, 0.717) is 12.3 Å². The molecule has 1 fully saturated rings. The van der Waals surface area contributed by atoms with E-state index in [2.05, 4.69) is 10.2 Å². The van der Waals surface area contributed by atoms with E-state index >= 15 is 0 Å². The number of sulfone groups is 1. The molecule has 0 radical (unpaired) electrons. The molecule has 0 saturated carbocycles. The van der Waals surface area contributed by atoms with E-state index in [0.717, 1.165) is 5.75 Å². The third kappa shape index (κ3) is 2.71. The average molecular weight is 304 g/mol. The van der Waals surface area contributed by atoms with Crippen LogP contribution in [0.15, 0.2) is 6.20 Å². The summed E-state index contributed by atoms with van der Waals surface area (Å²) in [6, 6.07) is 0. The third-order valence-corrected chi connectivity index (χ3v) is 6.33. The first-order chi connectivity index (χ1) is 8.97. The Kier molecular flexibility index (Phi) is 4.04. The summed E-state index contributed by atoms with van der Waals surface area (Å²) >= 11 is 1.54. The normalized spacial score (nSPS) is 20.5. The highest BCUT2D eigenvalue weighted by Gasteiger charge is 2.37. The van der Waals surface area contributed by atoms with Gasteiger partial charge in [0.1, 0.15) is 11.1 Å². The SMILES string of the molecule is CCS(=O)(=O)C1CSCCN1C(=O)c1[nH]ncc1N. The van der Waals surface area contributed by atoms with Crippen molar-refractivity contribution in [1.82, 2.24) is 15.1 Å². The van der Waals surface area contributed by atoms with Crippen LogP contribution in [0.2, 0.25) is 0 Å². The number of aromatic amines is 1. The number of thioether (sulfide) groups is 1. The van der Waals surface area contributed by atoms with Crippen LogP contribution in [0, 0.1) is 0 Å². The number of nitrogens with one attached hydrogen (secondary N) is 1. The number of carbonyl (C=O) groups is 1. The monoisotopic (exact) mass is 304 g/mol. The lowest BCUT2D eigenvalue weighted by Crippen LogP contribution is -2.50. The first-order valence-electron chi connectivity index (χ1n) is 5.86. The van der Waals surface area contributed by atoms with Crippen molar-refractivity contribution in [3.8, 4) is 0 Å². The van der Waals surface area contributed by atoms with E-state index in [9.17, 15) is 13.2 Å². The van der Waals surface area contributed by atoms with Crippen LogP contribution in [0.5, 0.6) is 0 Å². The Hall–Kier alpha value is -1.22. The first-order valence-corrected chi connectivity index (χ1v) is 8.73. The molecule has 0 aliphatic carbocycles. The number of anilines is 1. The number of carbonyl (C=O) groups excluding carboxylic acids is 1. The number of nitrogens with two attached hydrogens (primary N) is 1. The lowest BCUT2D eigenvalue weighted by atomic mass is 10.3. The zero-order chi connectivity index (χ0) is 14.0. The van der Waals surface area contributed by atoms with Crippen LogP contribution in [0.3, 0.4) is 0 Å². The second-order valence-corrected chi connectivity index (χ2v) is 7.78. The quantitative estimate of drug-likeness (QED) is 0.810. The molecule has 7 nitrogen and oxygen atoms in total. The van der Waals surface area contributed by atoms with E-state index in [1.807, 2.05) is 0 Å². The topological polar surface area (TPSA) is 109 Å². The molecule has 1 amide bonds. The van der Waals surface area contributed by atoms with Gasteiger partial charge in [-0.25, -0.2) is 8.42 Å². The Morgan fingerprint density at radius 3 is 3.00 bits per heavy atom. The lowest BCUT2D eigenvalue weighted by molar-refractivity contribution is 0.0744. The van der Waals surface area contributed by atoms with Gasteiger partial charge in [0.2, 0.25) is 0 Å². The molecule has 1 aromatic heterocycles. The minimum absolute atomic E-state index is 0.0144. The smallest absolute Gasteiger partial charge is 0.275 e. The number of nitrogens with zero attached hydrogens (tertiary/aromatic N) is 2. The number of aromatic nitrogens is 2. The fourth-order valence-corrected chi connectivity index (χ4v) is 4.88. The lowest BCUT2D eigenvalue weighted by Gasteiger charge is -2.34. The molecule has 0 spiro atoms. The zero-order valence-corrected chi connectivity index (χ0v) is 12.1. The second kappa shape index (κ2) is 5.41. The average Bonchev–Trinajstić information content (AvgIpc) is 2.84. The summed E-state index contributed by atoms with van der Waals surface area (Å²) in [5.41, 5.74) is 6.03.